The minimum Gasteiger partial charge on any atom is -0.207 e. The van der Waals surface area contributed by atoms with E-state index in [1.807, 2.05) is 0 Å². The second-order valence-corrected chi connectivity index (χ2v) is 4.01. The lowest BCUT2D eigenvalue weighted by molar-refractivity contribution is 0.569. The first-order chi connectivity index (χ1) is 7.58. The van der Waals surface area contributed by atoms with Crippen LogP contribution in [0.2, 0.25) is 5.02 Å². The largest absolute Gasteiger partial charge is 0.207 e. The third kappa shape index (κ3) is 2.07. The third-order valence-corrected chi connectivity index (χ3v) is 2.71. The van der Waals surface area contributed by atoms with Gasteiger partial charge in [-0.15, -0.1) is 0 Å². The van der Waals surface area contributed by atoms with E-state index in [0.29, 0.717) is 10.6 Å². The lowest BCUT2D eigenvalue weighted by atomic mass is 10.0. The lowest BCUT2D eigenvalue weighted by Gasteiger charge is -2.05. The van der Waals surface area contributed by atoms with Crippen molar-refractivity contribution in [2.75, 3.05) is 0 Å². The van der Waals surface area contributed by atoms with Crippen LogP contribution in [0, 0.1) is 18.6 Å². The Bertz CT molecular complexity index is 495. The van der Waals surface area contributed by atoms with Crippen molar-refractivity contribution in [3.8, 4) is 11.1 Å². The SMILES string of the molecule is Cc1c(F)cc(-c2ccc(Cl)cc2)cc1F. The number of benzene rings is 2. The molecule has 0 aliphatic rings. The van der Waals surface area contributed by atoms with Crippen LogP contribution in [0.1, 0.15) is 5.56 Å². The average Bonchev–Trinajstić information content (AvgIpc) is 2.26. The van der Waals surface area contributed by atoms with E-state index in [1.54, 1.807) is 24.3 Å². The summed E-state index contributed by atoms with van der Waals surface area (Å²) in [6.45, 7) is 1.41. The van der Waals surface area contributed by atoms with Crippen molar-refractivity contribution in [3.05, 3.63) is 58.6 Å². The molecule has 0 fully saturated rings. The standard InChI is InChI=1S/C13H9ClF2/c1-8-12(15)6-10(7-13(8)16)9-2-4-11(14)5-3-9/h2-7H,1H3. The van der Waals surface area contributed by atoms with Crippen LogP contribution in [0.4, 0.5) is 8.78 Å². The van der Waals surface area contributed by atoms with E-state index in [4.69, 9.17) is 11.6 Å². The number of rotatable bonds is 1. The lowest BCUT2D eigenvalue weighted by Crippen LogP contribution is -1.90. The number of hydrogen-bond acceptors (Lipinski definition) is 0. The zero-order chi connectivity index (χ0) is 11.7. The van der Waals surface area contributed by atoms with Crippen LogP contribution in [0.15, 0.2) is 36.4 Å². The Morgan fingerprint density at radius 2 is 1.38 bits per heavy atom. The van der Waals surface area contributed by atoms with Crippen molar-refractivity contribution in [3.63, 3.8) is 0 Å². The van der Waals surface area contributed by atoms with Gasteiger partial charge in [0.2, 0.25) is 0 Å². The molecule has 2 rings (SSSR count). The molecule has 3 heteroatoms. The van der Waals surface area contributed by atoms with Crippen LogP contribution in [-0.2, 0) is 0 Å². The van der Waals surface area contributed by atoms with Gasteiger partial charge in [0, 0.05) is 10.6 Å². The van der Waals surface area contributed by atoms with Gasteiger partial charge in [0.25, 0.3) is 0 Å². The molecule has 82 valence electrons. The molecule has 0 amide bonds. The summed E-state index contributed by atoms with van der Waals surface area (Å²) in [4.78, 5) is 0. The Kier molecular flexibility index (Phi) is 2.92. The van der Waals surface area contributed by atoms with Gasteiger partial charge in [0.1, 0.15) is 11.6 Å². The quantitative estimate of drug-likeness (QED) is 0.682. The Hall–Kier alpha value is -1.41. The van der Waals surface area contributed by atoms with Gasteiger partial charge in [-0.1, -0.05) is 23.7 Å². The molecule has 0 heterocycles. The minimum absolute atomic E-state index is 0.0395. The van der Waals surface area contributed by atoms with E-state index < -0.39 is 11.6 Å². The molecule has 2 aromatic rings. The summed E-state index contributed by atoms with van der Waals surface area (Å²) in [5.74, 6) is -1.07. The van der Waals surface area contributed by atoms with Crippen LogP contribution in [0.5, 0.6) is 0 Å². The molecule has 0 nitrogen and oxygen atoms in total. The molecular formula is C13H9ClF2. The van der Waals surface area contributed by atoms with Crippen molar-refractivity contribution in [2.45, 2.75) is 6.92 Å². The van der Waals surface area contributed by atoms with E-state index >= 15 is 0 Å². The maximum Gasteiger partial charge on any atom is 0.129 e. The fourth-order valence-electron chi connectivity index (χ4n) is 1.45. The summed E-state index contributed by atoms with van der Waals surface area (Å²) in [5.41, 5.74) is 1.29. The zero-order valence-electron chi connectivity index (χ0n) is 8.60. The minimum atomic E-state index is -0.537. The van der Waals surface area contributed by atoms with Crippen LogP contribution in [0.3, 0.4) is 0 Å². The summed E-state index contributed by atoms with van der Waals surface area (Å²) in [6, 6.07) is 9.47. The maximum atomic E-state index is 13.3. The van der Waals surface area contributed by atoms with Crippen molar-refractivity contribution in [2.24, 2.45) is 0 Å². The molecule has 0 saturated heterocycles. The fourth-order valence-corrected chi connectivity index (χ4v) is 1.58. The van der Waals surface area contributed by atoms with Crippen LogP contribution >= 0.6 is 11.6 Å². The summed E-state index contributed by atoms with van der Waals surface area (Å²) in [7, 11) is 0. The topological polar surface area (TPSA) is 0 Å². The first-order valence-electron chi connectivity index (χ1n) is 4.79. The summed E-state index contributed by atoms with van der Waals surface area (Å²) < 4.78 is 26.7. The molecule has 0 unspecified atom stereocenters. The molecular weight excluding hydrogens is 230 g/mol. The Balaban J connectivity index is 2.52. The second kappa shape index (κ2) is 4.22. The highest BCUT2D eigenvalue weighted by molar-refractivity contribution is 6.30. The van der Waals surface area contributed by atoms with Gasteiger partial charge >= 0.3 is 0 Å². The Morgan fingerprint density at radius 3 is 1.88 bits per heavy atom. The molecule has 0 atom stereocenters. The highest BCUT2D eigenvalue weighted by Crippen LogP contribution is 2.25. The Labute approximate surface area is 97.5 Å². The van der Waals surface area contributed by atoms with Crippen molar-refractivity contribution in [1.29, 1.82) is 0 Å². The summed E-state index contributed by atoms with van der Waals surface area (Å²) in [5, 5.41) is 0.594. The third-order valence-electron chi connectivity index (χ3n) is 2.46. The maximum absolute atomic E-state index is 13.3. The highest BCUT2D eigenvalue weighted by atomic mass is 35.5. The van der Waals surface area contributed by atoms with E-state index in [-0.39, 0.29) is 5.56 Å². The molecule has 0 aromatic heterocycles. The molecule has 16 heavy (non-hydrogen) atoms. The van der Waals surface area contributed by atoms with E-state index in [1.165, 1.54) is 19.1 Å². The van der Waals surface area contributed by atoms with Gasteiger partial charge in [-0.05, 0) is 42.3 Å². The normalized spacial score (nSPS) is 10.5. The molecule has 0 bridgehead atoms. The molecule has 0 spiro atoms. The number of halogens is 3. The summed E-state index contributed by atoms with van der Waals surface area (Å²) >= 11 is 5.74. The first-order valence-corrected chi connectivity index (χ1v) is 5.17. The smallest absolute Gasteiger partial charge is 0.129 e. The van der Waals surface area contributed by atoms with Crippen LogP contribution < -0.4 is 0 Å². The van der Waals surface area contributed by atoms with E-state index in [2.05, 4.69) is 0 Å². The molecule has 0 saturated carbocycles. The highest BCUT2D eigenvalue weighted by Gasteiger charge is 2.07. The van der Waals surface area contributed by atoms with E-state index in [9.17, 15) is 8.78 Å². The van der Waals surface area contributed by atoms with Gasteiger partial charge in [0.15, 0.2) is 0 Å². The van der Waals surface area contributed by atoms with E-state index in [0.717, 1.165) is 5.56 Å². The fraction of sp³-hybridized carbons (Fsp3) is 0.0769. The zero-order valence-corrected chi connectivity index (χ0v) is 9.35. The van der Waals surface area contributed by atoms with Gasteiger partial charge in [0.05, 0.1) is 0 Å². The van der Waals surface area contributed by atoms with Crippen molar-refractivity contribution < 1.29 is 8.78 Å². The van der Waals surface area contributed by atoms with Gasteiger partial charge in [-0.25, -0.2) is 8.78 Å². The van der Waals surface area contributed by atoms with Gasteiger partial charge < -0.3 is 0 Å². The number of hydrogen-bond donors (Lipinski definition) is 0. The van der Waals surface area contributed by atoms with Crippen molar-refractivity contribution >= 4 is 11.6 Å². The van der Waals surface area contributed by atoms with Crippen LogP contribution in [0.25, 0.3) is 11.1 Å². The molecule has 2 aromatic carbocycles. The first kappa shape index (κ1) is 11.1. The van der Waals surface area contributed by atoms with Gasteiger partial charge in [-0.2, -0.15) is 0 Å². The molecule has 0 aliphatic carbocycles. The molecule has 0 N–H and O–H groups in total. The summed E-state index contributed by atoms with van der Waals surface area (Å²) in [6.07, 6.45) is 0. The van der Waals surface area contributed by atoms with Crippen molar-refractivity contribution in [1.82, 2.24) is 0 Å². The Morgan fingerprint density at radius 1 is 0.875 bits per heavy atom. The second-order valence-electron chi connectivity index (χ2n) is 3.57. The molecule has 0 radical (unpaired) electrons. The predicted molar refractivity (Wildman–Crippen MR) is 61.5 cm³/mol. The van der Waals surface area contributed by atoms with Gasteiger partial charge in [-0.3, -0.25) is 0 Å². The predicted octanol–water partition coefficient (Wildman–Crippen LogP) is 4.59. The molecule has 0 aliphatic heterocycles. The monoisotopic (exact) mass is 238 g/mol. The average molecular weight is 239 g/mol. The van der Waals surface area contributed by atoms with Crippen LogP contribution in [-0.4, -0.2) is 0 Å².